The smallest absolute Gasteiger partial charge is 0.348 e. The number of carbonyl (C=O) groups is 3. The highest BCUT2D eigenvalue weighted by Gasteiger charge is 2.27. The second-order valence-electron chi connectivity index (χ2n) is 6.30. The van der Waals surface area contributed by atoms with Crippen LogP contribution in [0.5, 0.6) is 0 Å². The van der Waals surface area contributed by atoms with E-state index in [1.807, 2.05) is 24.3 Å². The van der Waals surface area contributed by atoms with Gasteiger partial charge in [0.15, 0.2) is 0 Å². The molecule has 2 heterocycles. The molecule has 1 amide bonds. The van der Waals surface area contributed by atoms with Crippen LogP contribution in [0.4, 0.5) is 5.00 Å². The molecule has 0 spiro atoms. The lowest BCUT2D eigenvalue weighted by Gasteiger charge is -2.07. The summed E-state index contributed by atoms with van der Waals surface area (Å²) in [6.07, 6.45) is 0.112. The van der Waals surface area contributed by atoms with Gasteiger partial charge in [-0.3, -0.25) is 4.79 Å². The first kappa shape index (κ1) is 21.4. The van der Waals surface area contributed by atoms with Crippen LogP contribution in [0.3, 0.4) is 0 Å². The number of amides is 1. The Kier molecular flexibility index (Phi) is 6.78. The number of aromatic nitrogens is 3. The Hall–Kier alpha value is -3.27. The van der Waals surface area contributed by atoms with Gasteiger partial charge >= 0.3 is 11.9 Å². The number of fused-ring (bicyclic) bond motifs is 1. The molecule has 0 radical (unpaired) electrons. The zero-order valence-electron chi connectivity index (χ0n) is 16.9. The molecular weight excluding hydrogens is 408 g/mol. The summed E-state index contributed by atoms with van der Waals surface area (Å²) in [5.41, 5.74) is 2.17. The largest absolute Gasteiger partial charge is 0.462 e. The average Bonchev–Trinajstić information content (AvgIpc) is 3.27. The van der Waals surface area contributed by atoms with Crippen LogP contribution in [0.25, 0.3) is 11.0 Å². The normalized spacial score (nSPS) is 10.8. The molecule has 0 aliphatic carbocycles. The SMILES string of the molecule is CCOC(=O)c1sc(NC(=O)CCn2nnc3ccccc32)c(C(=O)OCC)c1C. The molecule has 0 fully saturated rings. The van der Waals surface area contributed by atoms with E-state index >= 15 is 0 Å². The highest BCUT2D eigenvalue weighted by atomic mass is 32.1. The number of hydrogen-bond acceptors (Lipinski definition) is 8. The molecule has 0 bridgehead atoms. The zero-order valence-corrected chi connectivity index (χ0v) is 17.7. The van der Waals surface area contributed by atoms with Crippen molar-refractivity contribution in [3.63, 3.8) is 0 Å². The van der Waals surface area contributed by atoms with E-state index in [1.165, 1.54) is 0 Å². The Morgan fingerprint density at radius 2 is 1.80 bits per heavy atom. The van der Waals surface area contributed by atoms with Crippen LogP contribution in [0.15, 0.2) is 24.3 Å². The third kappa shape index (κ3) is 4.48. The Balaban J connectivity index is 1.78. The Labute approximate surface area is 177 Å². The van der Waals surface area contributed by atoms with Gasteiger partial charge in [-0.2, -0.15) is 0 Å². The van der Waals surface area contributed by atoms with Gasteiger partial charge < -0.3 is 14.8 Å². The number of thiophene rings is 1. The van der Waals surface area contributed by atoms with E-state index in [2.05, 4.69) is 15.6 Å². The van der Waals surface area contributed by atoms with Crippen LogP contribution < -0.4 is 5.32 Å². The van der Waals surface area contributed by atoms with Crippen LogP contribution >= 0.6 is 11.3 Å². The van der Waals surface area contributed by atoms with Crippen molar-refractivity contribution in [2.45, 2.75) is 33.7 Å². The molecule has 0 aliphatic rings. The minimum atomic E-state index is -0.598. The van der Waals surface area contributed by atoms with Gasteiger partial charge in [-0.1, -0.05) is 17.3 Å². The predicted octanol–water partition coefficient (Wildman–Crippen LogP) is 3.18. The van der Waals surface area contributed by atoms with Gasteiger partial charge in [0.2, 0.25) is 5.91 Å². The first-order chi connectivity index (χ1) is 14.5. The second-order valence-corrected chi connectivity index (χ2v) is 7.32. The molecular formula is C20H22N4O5S. The topological polar surface area (TPSA) is 112 Å². The van der Waals surface area contributed by atoms with Crippen molar-refractivity contribution in [2.24, 2.45) is 0 Å². The fourth-order valence-corrected chi connectivity index (χ4v) is 4.03. The van der Waals surface area contributed by atoms with Crippen LogP contribution in [-0.2, 0) is 20.8 Å². The molecule has 3 rings (SSSR count). The van der Waals surface area contributed by atoms with Crippen molar-refractivity contribution in [3.05, 3.63) is 40.3 Å². The minimum absolute atomic E-state index is 0.112. The summed E-state index contributed by atoms with van der Waals surface area (Å²) >= 11 is 1.00. The maximum atomic E-state index is 12.6. The van der Waals surface area contributed by atoms with Gasteiger partial charge in [0.25, 0.3) is 0 Å². The molecule has 0 saturated heterocycles. The van der Waals surface area contributed by atoms with Crippen molar-refractivity contribution >= 4 is 45.2 Å². The van der Waals surface area contributed by atoms with Crippen molar-refractivity contribution in [3.8, 4) is 0 Å². The van der Waals surface area contributed by atoms with E-state index in [9.17, 15) is 14.4 Å². The van der Waals surface area contributed by atoms with Crippen molar-refractivity contribution in [2.75, 3.05) is 18.5 Å². The molecule has 30 heavy (non-hydrogen) atoms. The molecule has 1 aromatic carbocycles. The molecule has 2 aromatic heterocycles. The van der Waals surface area contributed by atoms with Gasteiger partial charge in [-0.05, 0) is 38.5 Å². The van der Waals surface area contributed by atoms with Crippen LogP contribution in [0.2, 0.25) is 0 Å². The summed E-state index contributed by atoms with van der Waals surface area (Å²) in [5.74, 6) is -1.46. The quantitative estimate of drug-likeness (QED) is 0.546. The number of para-hydroxylation sites is 1. The molecule has 3 aromatic rings. The summed E-state index contributed by atoms with van der Waals surface area (Å²) in [4.78, 5) is 37.4. The van der Waals surface area contributed by atoms with Gasteiger partial charge in [0.1, 0.15) is 15.4 Å². The van der Waals surface area contributed by atoms with Crippen molar-refractivity contribution in [1.82, 2.24) is 15.0 Å². The number of ether oxygens (including phenoxy) is 2. The first-order valence-corrected chi connectivity index (χ1v) is 10.3. The van der Waals surface area contributed by atoms with Gasteiger partial charge in [-0.25, -0.2) is 14.3 Å². The fraction of sp³-hybridized carbons (Fsp3) is 0.350. The molecule has 0 atom stereocenters. The lowest BCUT2D eigenvalue weighted by Crippen LogP contribution is -2.17. The molecule has 10 heteroatoms. The monoisotopic (exact) mass is 430 g/mol. The Morgan fingerprint density at radius 3 is 2.53 bits per heavy atom. The second kappa shape index (κ2) is 9.49. The Bertz CT molecular complexity index is 1090. The summed E-state index contributed by atoms with van der Waals surface area (Å²) in [6.45, 7) is 5.71. The number of nitrogens with zero attached hydrogens (tertiary/aromatic N) is 3. The summed E-state index contributed by atoms with van der Waals surface area (Å²) < 4.78 is 11.8. The van der Waals surface area contributed by atoms with Crippen LogP contribution in [0.1, 0.15) is 45.9 Å². The van der Waals surface area contributed by atoms with Crippen molar-refractivity contribution < 1.29 is 23.9 Å². The predicted molar refractivity (Wildman–Crippen MR) is 112 cm³/mol. The zero-order chi connectivity index (χ0) is 21.7. The molecule has 0 aliphatic heterocycles. The van der Waals surface area contributed by atoms with E-state index in [-0.39, 0.29) is 41.0 Å². The van der Waals surface area contributed by atoms with E-state index in [0.29, 0.717) is 12.1 Å². The minimum Gasteiger partial charge on any atom is -0.462 e. The third-order valence-electron chi connectivity index (χ3n) is 4.31. The number of carbonyl (C=O) groups excluding carboxylic acids is 3. The number of hydrogen-bond donors (Lipinski definition) is 1. The van der Waals surface area contributed by atoms with Crippen LogP contribution in [-0.4, -0.2) is 46.1 Å². The lowest BCUT2D eigenvalue weighted by molar-refractivity contribution is -0.116. The molecule has 9 nitrogen and oxygen atoms in total. The average molecular weight is 430 g/mol. The van der Waals surface area contributed by atoms with Gasteiger partial charge in [0.05, 0.1) is 30.8 Å². The number of esters is 2. The maximum absolute atomic E-state index is 12.6. The summed E-state index contributed by atoms with van der Waals surface area (Å²) in [5, 5.41) is 11.1. The number of nitrogens with one attached hydrogen (secondary N) is 1. The molecule has 158 valence electrons. The molecule has 0 saturated carbocycles. The van der Waals surface area contributed by atoms with E-state index in [4.69, 9.17) is 9.47 Å². The highest BCUT2D eigenvalue weighted by molar-refractivity contribution is 7.18. The van der Waals surface area contributed by atoms with E-state index in [0.717, 1.165) is 22.4 Å². The summed E-state index contributed by atoms with van der Waals surface area (Å²) in [7, 11) is 0. The lowest BCUT2D eigenvalue weighted by atomic mass is 10.1. The number of benzene rings is 1. The number of anilines is 1. The van der Waals surface area contributed by atoms with Gasteiger partial charge in [-0.15, -0.1) is 16.4 Å². The number of aryl methyl sites for hydroxylation is 1. The summed E-state index contributed by atoms with van der Waals surface area (Å²) in [6, 6.07) is 7.46. The highest BCUT2D eigenvalue weighted by Crippen LogP contribution is 2.34. The Morgan fingerprint density at radius 1 is 1.10 bits per heavy atom. The number of rotatable bonds is 8. The van der Waals surface area contributed by atoms with E-state index < -0.39 is 11.9 Å². The maximum Gasteiger partial charge on any atom is 0.348 e. The van der Waals surface area contributed by atoms with E-state index in [1.54, 1.807) is 25.5 Å². The third-order valence-corrected chi connectivity index (χ3v) is 5.50. The van der Waals surface area contributed by atoms with Crippen LogP contribution in [0, 0.1) is 6.92 Å². The van der Waals surface area contributed by atoms with Gasteiger partial charge in [0, 0.05) is 6.42 Å². The fourth-order valence-electron chi connectivity index (χ4n) is 2.92. The van der Waals surface area contributed by atoms with Crippen molar-refractivity contribution in [1.29, 1.82) is 0 Å². The standard InChI is InChI=1S/C20H22N4O5S/c1-4-28-19(26)16-12(3)17(20(27)29-5-2)30-18(16)21-15(25)10-11-24-14-9-7-6-8-13(14)22-23-24/h6-9H,4-5,10-11H2,1-3H3,(H,21,25). The first-order valence-electron chi connectivity index (χ1n) is 9.51. The molecule has 1 N–H and O–H groups in total. The molecule has 0 unspecified atom stereocenters.